The maximum Gasteiger partial charge on any atom is 0.305 e. The van der Waals surface area contributed by atoms with Crippen molar-refractivity contribution in [2.75, 3.05) is 77.5 Å². The van der Waals surface area contributed by atoms with Gasteiger partial charge in [0.2, 0.25) is 53.2 Å². The van der Waals surface area contributed by atoms with Gasteiger partial charge in [0, 0.05) is 104 Å². The van der Waals surface area contributed by atoms with Gasteiger partial charge in [-0.05, 0) is 86.5 Å². The monoisotopic (exact) mass is 1210 g/mol. The molecule has 0 saturated carbocycles. The van der Waals surface area contributed by atoms with Crippen molar-refractivity contribution in [1.29, 1.82) is 0 Å². The summed E-state index contributed by atoms with van der Waals surface area (Å²) in [5.41, 5.74) is 0. The van der Waals surface area contributed by atoms with Gasteiger partial charge in [-0.1, -0.05) is 43.2 Å². The minimum atomic E-state index is -0.944. The fraction of sp³-hybridized carbons (Fsp3) is 0.700. The van der Waals surface area contributed by atoms with E-state index in [1.807, 2.05) is 27.7 Å². The summed E-state index contributed by atoms with van der Waals surface area (Å²) in [4.78, 5) is 160. The van der Waals surface area contributed by atoms with Crippen molar-refractivity contribution in [1.82, 2.24) is 58.1 Å². The number of hydrogen-bond acceptors (Lipinski definition) is 19. The number of carbonyl (C=O) groups is 13. The van der Waals surface area contributed by atoms with Crippen molar-refractivity contribution in [2.24, 2.45) is 0 Å². The predicted octanol–water partition coefficient (Wildman–Crippen LogP) is -0.0488. The number of carboxylic acids is 1. The summed E-state index contributed by atoms with van der Waals surface area (Å²) in [7, 11) is 7.66. The Labute approximate surface area is 483 Å². The van der Waals surface area contributed by atoms with E-state index in [4.69, 9.17) is 9.84 Å². The fourth-order valence-electron chi connectivity index (χ4n) is 6.70. The molecule has 0 aromatic heterocycles. The number of nitrogens with one attached hydrogen (secondary N) is 10. The molecule has 11 amide bonds. The summed E-state index contributed by atoms with van der Waals surface area (Å²) in [5, 5.41) is 35.1. The molecule has 0 bridgehead atoms. The zero-order chi connectivity index (χ0) is 60.1. The largest absolute Gasteiger partial charge is 0.481 e. The molecule has 1 aliphatic rings. The second-order valence-electron chi connectivity index (χ2n) is 19.7. The molecule has 80 heavy (non-hydrogen) atoms. The normalized spacial score (nSPS) is 13.3. The molecule has 0 aromatic carbocycles. The highest BCUT2D eigenvalue weighted by Gasteiger charge is 2.25. The van der Waals surface area contributed by atoms with Gasteiger partial charge in [-0.25, -0.2) is 0 Å². The van der Waals surface area contributed by atoms with Gasteiger partial charge in [-0.15, -0.1) is 0 Å². The molecule has 0 aromatic rings. The summed E-state index contributed by atoms with van der Waals surface area (Å²) in [6, 6.07) is -2.35. The summed E-state index contributed by atoms with van der Waals surface area (Å²) in [6.45, 7) is 9.91. The van der Waals surface area contributed by atoms with Crippen LogP contribution in [-0.2, 0) is 67.1 Å². The highest BCUT2D eigenvalue weighted by molar-refractivity contribution is 8.77. The van der Waals surface area contributed by atoms with Crippen LogP contribution in [0, 0.1) is 0 Å². The van der Waals surface area contributed by atoms with Crippen LogP contribution in [0.1, 0.15) is 119 Å². The molecule has 1 aliphatic heterocycles. The molecule has 0 radical (unpaired) electrons. The number of carbonyl (C=O) groups excluding carboxylic acids is 12. The van der Waals surface area contributed by atoms with Crippen LogP contribution in [-0.4, -0.2) is 192 Å². The molecule has 0 fully saturated rings. The van der Waals surface area contributed by atoms with E-state index in [-0.39, 0.29) is 98.1 Å². The fourth-order valence-corrected chi connectivity index (χ4v) is 12.0. The SMILES string of the molecule is COC(=O)CCC(C)(C)SSCCCC(=O)NC(C)C(=O)NCC(=O)NCC(=O)NCCCCC(CNCCC(=O)NCCN1C(=O)C=CC1=O)NC(=O)CNC(=O)CNC(=O)C(C)NC(=O)CCCSSC(C)(C)CCC(=O)O. The first-order valence-electron chi connectivity index (χ1n) is 26.4. The molecule has 1 heterocycles. The lowest BCUT2D eigenvalue weighted by Gasteiger charge is -2.22. The van der Waals surface area contributed by atoms with Gasteiger partial charge in [0.05, 0.1) is 33.3 Å². The van der Waals surface area contributed by atoms with E-state index in [0.29, 0.717) is 62.9 Å². The molecule has 1 rings (SSSR count). The number of methoxy groups -OCH3 is 1. The Kier molecular flexibility index (Phi) is 36.7. The third kappa shape index (κ3) is 36.6. The van der Waals surface area contributed by atoms with Gasteiger partial charge in [-0.3, -0.25) is 67.2 Å². The first-order chi connectivity index (χ1) is 37.7. The number of ether oxygens (including phenoxy) is 1. The van der Waals surface area contributed by atoms with Crippen molar-refractivity contribution in [2.45, 2.75) is 146 Å². The van der Waals surface area contributed by atoms with Gasteiger partial charge in [0.15, 0.2) is 0 Å². The zero-order valence-corrected chi connectivity index (χ0v) is 50.2. The van der Waals surface area contributed by atoms with Crippen LogP contribution in [0.2, 0.25) is 0 Å². The van der Waals surface area contributed by atoms with Crippen LogP contribution >= 0.6 is 43.2 Å². The number of nitrogens with zero attached hydrogens (tertiary/aromatic N) is 1. The molecule has 30 heteroatoms. The van der Waals surface area contributed by atoms with Crippen molar-refractivity contribution < 1.29 is 72.2 Å². The topological polar surface area (TPSA) is 375 Å². The Morgan fingerprint density at radius 1 is 0.550 bits per heavy atom. The third-order valence-electron chi connectivity index (χ3n) is 11.4. The number of amides is 11. The van der Waals surface area contributed by atoms with Crippen LogP contribution in [0.3, 0.4) is 0 Å². The summed E-state index contributed by atoms with van der Waals surface area (Å²) in [6.07, 6.45) is 6.68. The minimum absolute atomic E-state index is 0.0149. The van der Waals surface area contributed by atoms with Crippen molar-refractivity contribution in [3.05, 3.63) is 12.2 Å². The van der Waals surface area contributed by atoms with Gasteiger partial charge >= 0.3 is 11.9 Å². The average molecular weight is 1210 g/mol. The van der Waals surface area contributed by atoms with E-state index in [2.05, 4.69) is 53.2 Å². The van der Waals surface area contributed by atoms with E-state index in [0.717, 1.165) is 17.1 Å². The van der Waals surface area contributed by atoms with E-state index in [9.17, 15) is 62.3 Å². The van der Waals surface area contributed by atoms with Crippen LogP contribution in [0.5, 0.6) is 0 Å². The summed E-state index contributed by atoms with van der Waals surface area (Å²) >= 11 is 0. The van der Waals surface area contributed by atoms with Crippen molar-refractivity contribution in [3.63, 3.8) is 0 Å². The van der Waals surface area contributed by atoms with Crippen LogP contribution < -0.4 is 53.2 Å². The van der Waals surface area contributed by atoms with E-state index in [1.165, 1.54) is 31.8 Å². The predicted molar refractivity (Wildman–Crippen MR) is 307 cm³/mol. The molecule has 452 valence electrons. The average Bonchev–Trinajstić information content (AvgIpc) is 3.72. The first-order valence-corrected chi connectivity index (χ1v) is 31.0. The highest BCUT2D eigenvalue weighted by Crippen LogP contribution is 2.40. The smallest absolute Gasteiger partial charge is 0.305 e. The standard InChI is InChI=1S/C50H83N11O15S4/c1-33(58-38(64)14-11-27-78-80-50(5,6)21-18-46(73)76-7)47(74)56-30-40(66)54-29-39(65)52-22-9-8-12-35(28-51-23-19-36(62)53-24-25-61-43(69)15-16-44(61)70)60-42(68)32-55-41(67)31-57-48(75)34(2)59-37(63)13-10-26-77-79-49(3,4)20-17-45(71)72/h15-16,33-35,51H,8-14,17-32H2,1-7H3,(H,52,65)(H,53,62)(H,54,66)(H,55,67)(H,56,74)(H,57,75)(H,58,64)(H,59,63)(H,60,68)(H,71,72). The van der Waals surface area contributed by atoms with Crippen molar-refractivity contribution in [3.8, 4) is 0 Å². The second kappa shape index (κ2) is 40.6. The van der Waals surface area contributed by atoms with Gasteiger partial charge in [0.25, 0.3) is 11.8 Å². The maximum atomic E-state index is 13.0. The second-order valence-corrected chi connectivity index (χ2v) is 25.9. The van der Waals surface area contributed by atoms with Crippen LogP contribution in [0.15, 0.2) is 12.2 Å². The lowest BCUT2D eigenvalue weighted by Crippen LogP contribution is -2.49. The Bertz CT molecular complexity index is 2120. The Morgan fingerprint density at radius 2 is 1.02 bits per heavy atom. The van der Waals surface area contributed by atoms with E-state index in [1.54, 1.807) is 32.4 Å². The number of unbranched alkanes of at least 4 members (excludes halogenated alkanes) is 1. The molecule has 3 atom stereocenters. The van der Waals surface area contributed by atoms with Gasteiger partial charge in [0.1, 0.15) is 12.1 Å². The van der Waals surface area contributed by atoms with Gasteiger partial charge < -0.3 is 63.0 Å². The lowest BCUT2D eigenvalue weighted by atomic mass is 10.1. The van der Waals surface area contributed by atoms with Crippen LogP contribution in [0.4, 0.5) is 0 Å². The molecule has 26 nitrogen and oxygen atoms in total. The number of aliphatic carboxylic acids is 1. The minimum Gasteiger partial charge on any atom is -0.481 e. The molecule has 11 N–H and O–H groups in total. The highest BCUT2D eigenvalue weighted by atomic mass is 33.1. The summed E-state index contributed by atoms with van der Waals surface area (Å²) < 4.78 is 4.29. The summed E-state index contributed by atoms with van der Waals surface area (Å²) in [5.74, 6) is -5.28. The van der Waals surface area contributed by atoms with Gasteiger partial charge in [-0.2, -0.15) is 0 Å². The number of esters is 1. The maximum absolute atomic E-state index is 13.0. The molecular weight excluding hydrogens is 1120 g/mol. The number of imide groups is 1. The first kappa shape index (κ1) is 72.4. The quantitative estimate of drug-likeness (QED) is 0.0165. The molecular formula is C50H83N11O15S4. The number of carboxylic acid groups (broad SMARTS) is 1. The molecule has 3 unspecified atom stereocenters. The molecule has 0 saturated heterocycles. The van der Waals surface area contributed by atoms with E-state index < -0.39 is 91.0 Å². The van der Waals surface area contributed by atoms with E-state index >= 15 is 0 Å². The third-order valence-corrected chi connectivity index (χ3v) is 18.2. The number of rotatable bonds is 44. The lowest BCUT2D eigenvalue weighted by molar-refractivity contribution is -0.141. The Hall–Kier alpha value is -5.59. The Balaban J connectivity index is 2.50. The number of hydrogen-bond donors (Lipinski definition) is 11. The molecule has 0 spiro atoms. The Morgan fingerprint density at radius 3 is 1.54 bits per heavy atom. The van der Waals surface area contributed by atoms with Crippen LogP contribution in [0.25, 0.3) is 0 Å². The molecule has 0 aliphatic carbocycles. The van der Waals surface area contributed by atoms with Crippen molar-refractivity contribution >= 4 is 120 Å². The zero-order valence-electron chi connectivity index (χ0n) is 46.9.